The summed E-state index contributed by atoms with van der Waals surface area (Å²) in [5, 5.41) is 20.2. The van der Waals surface area contributed by atoms with Crippen molar-refractivity contribution in [3.05, 3.63) is 24.3 Å². The lowest BCUT2D eigenvalue weighted by atomic mass is 9.82. The van der Waals surface area contributed by atoms with Crippen LogP contribution in [-0.4, -0.2) is 27.7 Å². The summed E-state index contributed by atoms with van der Waals surface area (Å²) in [4.78, 5) is 11.4. The molecule has 0 amide bonds. The number of aliphatic hydroxyl groups excluding tert-OH is 1. The molecule has 1 aliphatic carbocycles. The summed E-state index contributed by atoms with van der Waals surface area (Å²) in [6.07, 6.45) is 23.2. The first-order valence-corrected chi connectivity index (χ1v) is 10.8. The first-order chi connectivity index (χ1) is 12.6. The Morgan fingerprint density at radius 3 is 2.12 bits per heavy atom. The van der Waals surface area contributed by atoms with Gasteiger partial charge in [0.25, 0.3) is 0 Å². The van der Waals surface area contributed by atoms with Crippen molar-refractivity contribution < 1.29 is 15.0 Å². The fraction of sp³-hybridized carbons (Fsp3) is 0.783. The number of carbonyl (C=O) groups excluding carboxylic acids is 1. The maximum absolute atomic E-state index is 11.4. The average molecular weight is 365 g/mol. The van der Waals surface area contributed by atoms with Gasteiger partial charge in [0.1, 0.15) is 11.7 Å². The molecule has 0 bridgehead atoms. The van der Waals surface area contributed by atoms with E-state index in [1.165, 1.54) is 69.9 Å². The maximum atomic E-state index is 11.4. The van der Waals surface area contributed by atoms with E-state index in [9.17, 15) is 15.0 Å². The van der Waals surface area contributed by atoms with Gasteiger partial charge in [-0.05, 0) is 44.3 Å². The topological polar surface area (TPSA) is 57.5 Å². The van der Waals surface area contributed by atoms with E-state index in [1.54, 1.807) is 0 Å². The van der Waals surface area contributed by atoms with Crippen LogP contribution in [0.5, 0.6) is 0 Å². The summed E-state index contributed by atoms with van der Waals surface area (Å²) in [5.41, 5.74) is -1.24. The normalized spacial score (nSPS) is 23.2. The quantitative estimate of drug-likeness (QED) is 0.292. The van der Waals surface area contributed by atoms with Gasteiger partial charge in [0.15, 0.2) is 5.78 Å². The summed E-state index contributed by atoms with van der Waals surface area (Å²) in [5.74, 6) is -0.0921. The summed E-state index contributed by atoms with van der Waals surface area (Å²) in [6.45, 7) is 2.26. The molecule has 26 heavy (non-hydrogen) atoms. The molecule has 0 radical (unpaired) electrons. The van der Waals surface area contributed by atoms with E-state index < -0.39 is 11.7 Å². The third kappa shape index (κ3) is 10.3. The van der Waals surface area contributed by atoms with E-state index in [0.717, 1.165) is 25.7 Å². The molecule has 0 aromatic heterocycles. The monoisotopic (exact) mass is 364 g/mol. The lowest BCUT2D eigenvalue weighted by Crippen LogP contribution is -2.45. The molecule has 2 N–H and O–H groups in total. The minimum atomic E-state index is -1.24. The van der Waals surface area contributed by atoms with Crippen LogP contribution in [0.15, 0.2) is 24.3 Å². The molecule has 2 atom stereocenters. The number of rotatable bonds is 15. The Bertz CT molecular complexity index is 427. The van der Waals surface area contributed by atoms with E-state index in [1.807, 2.05) is 0 Å². The number of allylic oxidation sites excluding steroid dienone is 3. The van der Waals surface area contributed by atoms with Crippen LogP contribution >= 0.6 is 0 Å². The second-order valence-corrected chi connectivity index (χ2v) is 7.88. The Morgan fingerprint density at radius 1 is 0.962 bits per heavy atom. The molecule has 0 aromatic rings. The summed E-state index contributed by atoms with van der Waals surface area (Å²) in [7, 11) is 0. The van der Waals surface area contributed by atoms with Crippen molar-refractivity contribution in [3.63, 3.8) is 0 Å². The highest BCUT2D eigenvalue weighted by Crippen LogP contribution is 2.28. The van der Waals surface area contributed by atoms with E-state index in [-0.39, 0.29) is 12.2 Å². The number of aliphatic hydroxyl groups is 2. The third-order valence-electron chi connectivity index (χ3n) is 5.37. The highest BCUT2D eigenvalue weighted by Gasteiger charge is 2.37. The van der Waals surface area contributed by atoms with Crippen molar-refractivity contribution in [2.45, 2.75) is 115 Å². The number of unbranched alkanes of at least 4 members (excludes halogenated alkanes) is 11. The largest absolute Gasteiger partial charge is 0.386 e. The van der Waals surface area contributed by atoms with E-state index in [0.29, 0.717) is 6.42 Å². The van der Waals surface area contributed by atoms with Gasteiger partial charge in [-0.15, -0.1) is 0 Å². The number of hydrogen-bond acceptors (Lipinski definition) is 3. The van der Waals surface area contributed by atoms with Gasteiger partial charge in [-0.1, -0.05) is 76.9 Å². The molecule has 3 heteroatoms. The summed E-state index contributed by atoms with van der Waals surface area (Å²) >= 11 is 0. The Balaban J connectivity index is 1.91. The lowest BCUT2D eigenvalue weighted by molar-refractivity contribution is -0.127. The maximum Gasteiger partial charge on any atom is 0.158 e. The van der Waals surface area contributed by atoms with Crippen molar-refractivity contribution in [2.75, 3.05) is 0 Å². The molecule has 0 heterocycles. The van der Waals surface area contributed by atoms with Crippen LogP contribution in [0.3, 0.4) is 0 Å². The number of ketones is 1. The highest BCUT2D eigenvalue weighted by atomic mass is 16.3. The molecule has 0 aromatic carbocycles. The van der Waals surface area contributed by atoms with Gasteiger partial charge in [0.05, 0.1) is 0 Å². The zero-order valence-corrected chi connectivity index (χ0v) is 16.8. The van der Waals surface area contributed by atoms with Crippen molar-refractivity contribution in [3.8, 4) is 0 Å². The van der Waals surface area contributed by atoms with E-state index in [2.05, 4.69) is 19.1 Å². The fourth-order valence-electron chi connectivity index (χ4n) is 3.58. The molecular weight excluding hydrogens is 324 g/mol. The average Bonchev–Trinajstić information content (AvgIpc) is 2.62. The first-order valence-electron chi connectivity index (χ1n) is 10.8. The van der Waals surface area contributed by atoms with E-state index in [4.69, 9.17) is 0 Å². The molecular formula is C23H40O3. The minimum Gasteiger partial charge on any atom is -0.386 e. The molecule has 1 aliphatic rings. The second kappa shape index (κ2) is 14.2. The molecule has 0 spiro atoms. The van der Waals surface area contributed by atoms with Crippen molar-refractivity contribution >= 4 is 5.78 Å². The van der Waals surface area contributed by atoms with Gasteiger partial charge >= 0.3 is 0 Å². The predicted molar refractivity (Wildman–Crippen MR) is 109 cm³/mol. The van der Waals surface area contributed by atoms with Crippen molar-refractivity contribution in [1.29, 1.82) is 0 Å². The molecule has 2 unspecified atom stereocenters. The summed E-state index contributed by atoms with van der Waals surface area (Å²) in [6, 6.07) is 0. The second-order valence-electron chi connectivity index (χ2n) is 7.88. The Kier molecular flexibility index (Phi) is 12.6. The van der Waals surface area contributed by atoms with Crippen LogP contribution in [-0.2, 0) is 4.79 Å². The Morgan fingerprint density at radius 2 is 1.50 bits per heavy atom. The molecule has 0 saturated heterocycles. The van der Waals surface area contributed by atoms with Crippen LogP contribution in [0.4, 0.5) is 0 Å². The molecule has 0 fully saturated rings. The Hall–Kier alpha value is -0.930. The predicted octanol–water partition coefficient (Wildman–Crippen LogP) is 5.64. The van der Waals surface area contributed by atoms with Crippen LogP contribution in [0, 0.1) is 0 Å². The highest BCUT2D eigenvalue weighted by molar-refractivity contribution is 5.91. The Labute approximate surface area is 160 Å². The molecule has 0 aliphatic heterocycles. The lowest BCUT2D eigenvalue weighted by Gasteiger charge is -2.33. The van der Waals surface area contributed by atoms with Gasteiger partial charge in [-0.25, -0.2) is 0 Å². The van der Waals surface area contributed by atoms with Crippen molar-refractivity contribution in [2.24, 2.45) is 0 Å². The number of hydrogen-bond donors (Lipinski definition) is 2. The SMILES string of the molecule is CCCCCCCCC=CCCCCCCCC1(O)CC(=O)C=CC1O. The van der Waals surface area contributed by atoms with Gasteiger partial charge < -0.3 is 10.2 Å². The van der Waals surface area contributed by atoms with E-state index >= 15 is 0 Å². The van der Waals surface area contributed by atoms with Crippen molar-refractivity contribution in [1.82, 2.24) is 0 Å². The molecule has 1 rings (SSSR count). The summed E-state index contributed by atoms with van der Waals surface area (Å²) < 4.78 is 0. The smallest absolute Gasteiger partial charge is 0.158 e. The van der Waals surface area contributed by atoms with Gasteiger partial charge in [0.2, 0.25) is 0 Å². The number of carbonyl (C=O) groups is 1. The first kappa shape index (κ1) is 23.1. The van der Waals surface area contributed by atoms with Crippen LogP contribution < -0.4 is 0 Å². The zero-order chi connectivity index (χ0) is 19.1. The third-order valence-corrected chi connectivity index (χ3v) is 5.37. The fourth-order valence-corrected chi connectivity index (χ4v) is 3.58. The molecule has 0 saturated carbocycles. The van der Waals surface area contributed by atoms with Gasteiger partial charge in [-0.2, -0.15) is 0 Å². The molecule has 150 valence electrons. The van der Waals surface area contributed by atoms with Gasteiger partial charge in [0, 0.05) is 6.42 Å². The zero-order valence-electron chi connectivity index (χ0n) is 16.8. The standard InChI is InChI=1S/C23H40O3/c1-2-3-4-5-6-7-8-9-10-11-12-13-14-15-16-19-23(26)20-21(24)17-18-22(23)25/h9-10,17-18,22,25-26H,2-8,11-16,19-20H2,1H3. The van der Waals surface area contributed by atoms with Gasteiger partial charge in [-0.3, -0.25) is 4.79 Å². The van der Waals surface area contributed by atoms with Crippen LogP contribution in [0.25, 0.3) is 0 Å². The van der Waals surface area contributed by atoms with Crippen LogP contribution in [0.1, 0.15) is 103 Å². The minimum absolute atomic E-state index is 0.0497. The van der Waals surface area contributed by atoms with Crippen LogP contribution in [0.2, 0.25) is 0 Å². The molecule has 3 nitrogen and oxygen atoms in total.